The van der Waals surface area contributed by atoms with E-state index in [4.69, 9.17) is 0 Å². The number of nitrogens with one attached hydrogen (secondary N) is 1. The van der Waals surface area contributed by atoms with Gasteiger partial charge in [-0.05, 0) is 32.1 Å². The number of rotatable bonds is 5. The Balaban J connectivity index is 1.73. The summed E-state index contributed by atoms with van der Waals surface area (Å²) in [4.78, 5) is 0. The zero-order valence-electron chi connectivity index (χ0n) is 10.6. The van der Waals surface area contributed by atoms with Crippen LogP contribution in [0.15, 0.2) is 12.4 Å². The van der Waals surface area contributed by atoms with E-state index in [2.05, 4.69) is 23.5 Å². The van der Waals surface area contributed by atoms with E-state index < -0.39 is 0 Å². The largest absolute Gasteiger partial charge is 0.393 e. The molecule has 2 N–H and O–H groups in total. The molecule has 1 heterocycles. The smallest absolute Gasteiger partial charge is 0.0541 e. The molecule has 1 saturated carbocycles. The Morgan fingerprint density at radius 3 is 2.88 bits per heavy atom. The van der Waals surface area contributed by atoms with E-state index in [1.54, 1.807) is 0 Å². The zero-order valence-corrected chi connectivity index (χ0v) is 10.6. The van der Waals surface area contributed by atoms with E-state index in [1.807, 2.05) is 10.9 Å². The Morgan fingerprint density at radius 1 is 1.41 bits per heavy atom. The van der Waals surface area contributed by atoms with Crippen LogP contribution in [-0.4, -0.2) is 27.0 Å². The van der Waals surface area contributed by atoms with Crippen LogP contribution in [-0.2, 0) is 13.1 Å². The minimum atomic E-state index is -0.0691. The number of aromatic nitrogens is 2. The van der Waals surface area contributed by atoms with Crippen molar-refractivity contribution in [1.82, 2.24) is 15.1 Å². The highest BCUT2D eigenvalue weighted by Crippen LogP contribution is 2.18. The summed E-state index contributed by atoms with van der Waals surface area (Å²) in [6, 6.07) is 0.563. The van der Waals surface area contributed by atoms with Gasteiger partial charge in [-0.25, -0.2) is 0 Å². The molecule has 0 bridgehead atoms. The van der Waals surface area contributed by atoms with Gasteiger partial charge in [0, 0.05) is 30.9 Å². The van der Waals surface area contributed by atoms with Crippen LogP contribution in [0.25, 0.3) is 0 Å². The highest BCUT2D eigenvalue weighted by Gasteiger charge is 2.18. The van der Waals surface area contributed by atoms with Crippen molar-refractivity contribution < 1.29 is 5.11 Å². The fourth-order valence-electron chi connectivity index (χ4n) is 2.39. The van der Waals surface area contributed by atoms with Gasteiger partial charge in [0.05, 0.1) is 12.3 Å². The number of aryl methyl sites for hydroxylation is 1. The van der Waals surface area contributed by atoms with Crippen LogP contribution < -0.4 is 5.32 Å². The van der Waals surface area contributed by atoms with E-state index in [-0.39, 0.29) is 6.10 Å². The van der Waals surface area contributed by atoms with Crippen LogP contribution in [0.2, 0.25) is 0 Å². The molecule has 1 aliphatic rings. The molecule has 2 rings (SSSR count). The predicted molar refractivity (Wildman–Crippen MR) is 67.6 cm³/mol. The zero-order chi connectivity index (χ0) is 12.1. The first-order valence-electron chi connectivity index (χ1n) is 6.70. The van der Waals surface area contributed by atoms with Crippen molar-refractivity contribution in [3.8, 4) is 0 Å². The van der Waals surface area contributed by atoms with Crippen LogP contribution in [0.3, 0.4) is 0 Å². The van der Waals surface area contributed by atoms with Crippen LogP contribution in [0.1, 0.15) is 44.6 Å². The average Bonchev–Trinajstić information content (AvgIpc) is 2.77. The normalized spacial score (nSPS) is 25.1. The van der Waals surface area contributed by atoms with Crippen molar-refractivity contribution in [3.05, 3.63) is 18.0 Å². The standard InChI is InChI=1S/C13H23N3O/c1-2-7-16-10-11(9-15-16)8-14-12-3-5-13(17)6-4-12/h9-10,12-14,17H,2-8H2,1H3. The van der Waals surface area contributed by atoms with E-state index in [1.165, 1.54) is 5.56 Å². The summed E-state index contributed by atoms with van der Waals surface area (Å²) in [5, 5.41) is 17.3. The van der Waals surface area contributed by atoms with Crippen LogP contribution in [0.4, 0.5) is 0 Å². The molecular formula is C13H23N3O. The molecule has 0 saturated heterocycles. The Bertz CT molecular complexity index is 329. The summed E-state index contributed by atoms with van der Waals surface area (Å²) < 4.78 is 2.00. The third-order valence-corrected chi connectivity index (χ3v) is 3.43. The minimum absolute atomic E-state index is 0.0691. The van der Waals surface area contributed by atoms with Crippen molar-refractivity contribution in [3.63, 3.8) is 0 Å². The molecule has 0 radical (unpaired) electrons. The summed E-state index contributed by atoms with van der Waals surface area (Å²) in [7, 11) is 0. The molecule has 4 nitrogen and oxygen atoms in total. The quantitative estimate of drug-likeness (QED) is 0.819. The molecule has 0 spiro atoms. The lowest BCUT2D eigenvalue weighted by molar-refractivity contribution is 0.116. The maximum absolute atomic E-state index is 9.43. The average molecular weight is 237 g/mol. The lowest BCUT2D eigenvalue weighted by Crippen LogP contribution is -2.34. The molecule has 0 aliphatic heterocycles. The molecular weight excluding hydrogens is 214 g/mol. The second-order valence-electron chi connectivity index (χ2n) is 5.00. The summed E-state index contributed by atoms with van der Waals surface area (Å²) in [6.07, 6.45) is 9.16. The lowest BCUT2D eigenvalue weighted by atomic mass is 9.93. The first-order chi connectivity index (χ1) is 8.28. The van der Waals surface area contributed by atoms with Gasteiger partial charge in [-0.15, -0.1) is 0 Å². The van der Waals surface area contributed by atoms with Crippen molar-refractivity contribution >= 4 is 0 Å². The van der Waals surface area contributed by atoms with Crippen molar-refractivity contribution in [2.24, 2.45) is 0 Å². The number of aliphatic hydroxyl groups excluding tert-OH is 1. The number of hydrogen-bond acceptors (Lipinski definition) is 3. The molecule has 0 amide bonds. The van der Waals surface area contributed by atoms with E-state index in [9.17, 15) is 5.11 Å². The summed E-state index contributed by atoms with van der Waals surface area (Å²) >= 11 is 0. The van der Waals surface area contributed by atoms with Gasteiger partial charge in [0.2, 0.25) is 0 Å². The van der Waals surface area contributed by atoms with Gasteiger partial charge < -0.3 is 10.4 Å². The predicted octanol–water partition coefficient (Wildman–Crippen LogP) is 1.69. The highest BCUT2D eigenvalue weighted by molar-refractivity contribution is 5.03. The molecule has 0 unspecified atom stereocenters. The summed E-state index contributed by atoms with van der Waals surface area (Å²) in [5.41, 5.74) is 1.25. The summed E-state index contributed by atoms with van der Waals surface area (Å²) in [6.45, 7) is 4.05. The highest BCUT2D eigenvalue weighted by atomic mass is 16.3. The Kier molecular flexibility index (Phi) is 4.57. The van der Waals surface area contributed by atoms with Crippen molar-refractivity contribution in [1.29, 1.82) is 0 Å². The van der Waals surface area contributed by atoms with Crippen LogP contribution in [0.5, 0.6) is 0 Å². The first kappa shape index (κ1) is 12.6. The molecule has 0 aromatic carbocycles. The van der Waals surface area contributed by atoms with Gasteiger partial charge in [-0.1, -0.05) is 6.92 Å². The minimum Gasteiger partial charge on any atom is -0.393 e. The maximum Gasteiger partial charge on any atom is 0.0541 e. The fraction of sp³-hybridized carbons (Fsp3) is 0.769. The van der Waals surface area contributed by atoms with Gasteiger partial charge in [0.1, 0.15) is 0 Å². The second kappa shape index (κ2) is 6.17. The molecule has 17 heavy (non-hydrogen) atoms. The van der Waals surface area contributed by atoms with Gasteiger partial charge in [0.25, 0.3) is 0 Å². The number of aliphatic hydroxyl groups is 1. The Morgan fingerprint density at radius 2 is 2.18 bits per heavy atom. The third-order valence-electron chi connectivity index (χ3n) is 3.43. The van der Waals surface area contributed by atoms with Gasteiger partial charge in [-0.2, -0.15) is 5.10 Å². The monoisotopic (exact) mass is 237 g/mol. The molecule has 0 atom stereocenters. The molecule has 1 aromatic heterocycles. The molecule has 1 fully saturated rings. The van der Waals surface area contributed by atoms with Crippen LogP contribution in [0, 0.1) is 0 Å². The molecule has 1 aromatic rings. The first-order valence-corrected chi connectivity index (χ1v) is 6.70. The topological polar surface area (TPSA) is 50.1 Å². The van der Waals surface area contributed by atoms with Gasteiger partial charge >= 0.3 is 0 Å². The lowest BCUT2D eigenvalue weighted by Gasteiger charge is -2.26. The second-order valence-corrected chi connectivity index (χ2v) is 5.00. The van der Waals surface area contributed by atoms with Crippen LogP contribution >= 0.6 is 0 Å². The van der Waals surface area contributed by atoms with Crippen molar-refractivity contribution in [2.45, 2.75) is 64.3 Å². The van der Waals surface area contributed by atoms with Gasteiger partial charge in [0.15, 0.2) is 0 Å². The van der Waals surface area contributed by atoms with Crippen molar-refractivity contribution in [2.75, 3.05) is 0 Å². The molecule has 4 heteroatoms. The van der Waals surface area contributed by atoms with E-state index >= 15 is 0 Å². The van der Waals surface area contributed by atoms with E-state index in [0.29, 0.717) is 6.04 Å². The third kappa shape index (κ3) is 3.82. The Hall–Kier alpha value is -0.870. The number of hydrogen-bond donors (Lipinski definition) is 2. The SMILES string of the molecule is CCCn1cc(CNC2CCC(O)CC2)cn1. The Labute approximate surface area is 103 Å². The summed E-state index contributed by atoms with van der Waals surface area (Å²) in [5.74, 6) is 0. The molecule has 1 aliphatic carbocycles. The maximum atomic E-state index is 9.43. The molecule has 96 valence electrons. The fourth-order valence-corrected chi connectivity index (χ4v) is 2.39. The van der Waals surface area contributed by atoms with E-state index in [0.717, 1.165) is 45.2 Å². The van der Waals surface area contributed by atoms with Gasteiger partial charge in [-0.3, -0.25) is 4.68 Å². The number of nitrogens with zero attached hydrogens (tertiary/aromatic N) is 2.